The number of benzene rings is 1. The maximum Gasteiger partial charge on any atom is 0.324 e. The Bertz CT molecular complexity index is 781. The Morgan fingerprint density at radius 3 is 2.67 bits per heavy atom. The monoisotopic (exact) mass is 411 g/mol. The number of rotatable bonds is 6. The number of hydrogen-bond acceptors (Lipinski definition) is 6. The Balaban J connectivity index is 1.87. The summed E-state index contributed by atoms with van der Waals surface area (Å²) in [5, 5.41) is 14.4. The van der Waals surface area contributed by atoms with Crippen molar-refractivity contribution in [3.05, 3.63) is 54.9 Å². The standard InChI is InChI=1S/C15H14BrN3O4S/c1-9-5-11(16)6-10(2)15(9)23-8-13(20)18-17-7-12-3-4-14(24-12)19(21)22/h3-7H,8H2,1-2H3,(H,18,20)/b17-7-. The lowest BCUT2D eigenvalue weighted by atomic mass is 10.1. The van der Waals surface area contributed by atoms with E-state index in [1.807, 2.05) is 26.0 Å². The molecule has 0 bridgehead atoms. The number of carbonyl (C=O) groups excluding carboxylic acids is 1. The summed E-state index contributed by atoms with van der Waals surface area (Å²) < 4.78 is 6.48. The molecule has 2 aromatic rings. The molecule has 1 N–H and O–H groups in total. The molecule has 0 spiro atoms. The van der Waals surface area contributed by atoms with Gasteiger partial charge in [-0.1, -0.05) is 27.3 Å². The largest absolute Gasteiger partial charge is 0.483 e. The fourth-order valence-corrected chi connectivity index (χ4v) is 3.35. The number of amides is 1. The highest BCUT2D eigenvalue weighted by molar-refractivity contribution is 9.10. The topological polar surface area (TPSA) is 93.8 Å². The van der Waals surface area contributed by atoms with E-state index < -0.39 is 10.8 Å². The fraction of sp³-hybridized carbons (Fsp3) is 0.200. The van der Waals surface area contributed by atoms with E-state index in [0.717, 1.165) is 26.9 Å². The maximum atomic E-state index is 11.7. The molecule has 1 aromatic heterocycles. The highest BCUT2D eigenvalue weighted by atomic mass is 79.9. The molecule has 0 radical (unpaired) electrons. The number of halogens is 1. The van der Waals surface area contributed by atoms with Crippen molar-refractivity contribution in [2.75, 3.05) is 6.61 Å². The lowest BCUT2D eigenvalue weighted by Gasteiger charge is -2.11. The number of thiophene rings is 1. The van der Waals surface area contributed by atoms with E-state index in [-0.39, 0.29) is 11.6 Å². The second kappa shape index (κ2) is 8.02. The first kappa shape index (κ1) is 18.1. The number of carbonyl (C=O) groups is 1. The zero-order valence-electron chi connectivity index (χ0n) is 12.9. The number of nitrogens with zero attached hydrogens (tertiary/aromatic N) is 2. The quantitative estimate of drug-likeness (QED) is 0.446. The van der Waals surface area contributed by atoms with Crippen molar-refractivity contribution in [3.63, 3.8) is 0 Å². The number of hydrazone groups is 1. The summed E-state index contributed by atoms with van der Waals surface area (Å²) >= 11 is 4.37. The van der Waals surface area contributed by atoms with Gasteiger partial charge in [0.15, 0.2) is 6.61 Å². The second-order valence-electron chi connectivity index (χ2n) is 4.88. The van der Waals surface area contributed by atoms with Crippen LogP contribution in [-0.2, 0) is 4.79 Å². The van der Waals surface area contributed by atoms with Gasteiger partial charge in [-0.15, -0.1) is 0 Å². The van der Waals surface area contributed by atoms with E-state index in [4.69, 9.17) is 4.74 Å². The molecule has 0 atom stereocenters. The summed E-state index contributed by atoms with van der Waals surface area (Å²) in [5.41, 5.74) is 4.16. The fourth-order valence-electron chi connectivity index (χ4n) is 1.97. The molecule has 126 valence electrons. The normalized spacial score (nSPS) is 10.8. The number of aryl methyl sites for hydroxylation is 2. The van der Waals surface area contributed by atoms with Crippen LogP contribution in [-0.4, -0.2) is 23.7 Å². The van der Waals surface area contributed by atoms with Gasteiger partial charge in [-0.25, -0.2) is 5.43 Å². The smallest absolute Gasteiger partial charge is 0.324 e. The Morgan fingerprint density at radius 2 is 2.08 bits per heavy atom. The molecule has 1 heterocycles. The zero-order chi connectivity index (χ0) is 17.7. The molecule has 9 heteroatoms. The van der Waals surface area contributed by atoms with Gasteiger partial charge in [0.25, 0.3) is 5.91 Å². The summed E-state index contributed by atoms with van der Waals surface area (Å²) in [6.07, 6.45) is 1.35. The molecule has 0 saturated heterocycles. The third kappa shape index (κ3) is 4.87. The number of hydrogen-bond donors (Lipinski definition) is 1. The van der Waals surface area contributed by atoms with Crippen LogP contribution in [0.5, 0.6) is 5.75 Å². The van der Waals surface area contributed by atoms with Gasteiger partial charge < -0.3 is 4.74 Å². The van der Waals surface area contributed by atoms with Crippen molar-refractivity contribution in [2.45, 2.75) is 13.8 Å². The highest BCUT2D eigenvalue weighted by Crippen LogP contribution is 2.27. The Morgan fingerprint density at radius 1 is 1.42 bits per heavy atom. The molecule has 0 saturated carbocycles. The second-order valence-corrected chi connectivity index (χ2v) is 6.89. The first-order valence-electron chi connectivity index (χ1n) is 6.82. The molecule has 0 aliphatic carbocycles. The van der Waals surface area contributed by atoms with E-state index in [9.17, 15) is 14.9 Å². The van der Waals surface area contributed by atoms with Crippen molar-refractivity contribution in [2.24, 2.45) is 5.10 Å². The van der Waals surface area contributed by atoms with Crippen molar-refractivity contribution in [1.82, 2.24) is 5.43 Å². The molecule has 0 aliphatic rings. The first-order valence-corrected chi connectivity index (χ1v) is 8.43. The molecule has 0 fully saturated rings. The van der Waals surface area contributed by atoms with Crippen molar-refractivity contribution in [1.29, 1.82) is 0 Å². The van der Waals surface area contributed by atoms with Gasteiger partial charge in [0.05, 0.1) is 16.0 Å². The molecule has 7 nitrogen and oxygen atoms in total. The van der Waals surface area contributed by atoms with Gasteiger partial charge in [-0.2, -0.15) is 5.10 Å². The van der Waals surface area contributed by atoms with Crippen LogP contribution in [0.3, 0.4) is 0 Å². The number of nitrogens with one attached hydrogen (secondary N) is 1. The first-order chi connectivity index (χ1) is 11.4. The van der Waals surface area contributed by atoms with Crippen LogP contribution in [0.15, 0.2) is 33.8 Å². The van der Waals surface area contributed by atoms with Crippen LogP contribution in [0, 0.1) is 24.0 Å². The zero-order valence-corrected chi connectivity index (χ0v) is 15.3. The average Bonchev–Trinajstić information content (AvgIpc) is 2.95. The minimum absolute atomic E-state index is 0.0206. The van der Waals surface area contributed by atoms with Crippen LogP contribution in [0.25, 0.3) is 0 Å². The Hall–Kier alpha value is -2.26. The minimum Gasteiger partial charge on any atom is -0.483 e. The van der Waals surface area contributed by atoms with Crippen LogP contribution in [0.2, 0.25) is 0 Å². The third-order valence-corrected chi connectivity index (χ3v) is 4.38. The highest BCUT2D eigenvalue weighted by Gasteiger charge is 2.09. The lowest BCUT2D eigenvalue weighted by Crippen LogP contribution is -2.24. The average molecular weight is 412 g/mol. The summed E-state index contributed by atoms with van der Waals surface area (Å²) in [4.78, 5) is 22.4. The summed E-state index contributed by atoms with van der Waals surface area (Å²) in [5.74, 6) is 0.241. The molecule has 1 amide bonds. The van der Waals surface area contributed by atoms with Gasteiger partial charge in [0.2, 0.25) is 0 Å². The van der Waals surface area contributed by atoms with E-state index >= 15 is 0 Å². The van der Waals surface area contributed by atoms with Crippen LogP contribution >= 0.6 is 27.3 Å². The van der Waals surface area contributed by atoms with Crippen LogP contribution < -0.4 is 10.2 Å². The van der Waals surface area contributed by atoms with E-state index in [1.165, 1.54) is 12.3 Å². The predicted molar refractivity (Wildman–Crippen MR) is 95.8 cm³/mol. The van der Waals surface area contributed by atoms with Gasteiger partial charge in [-0.05, 0) is 43.2 Å². The lowest BCUT2D eigenvalue weighted by molar-refractivity contribution is -0.380. The molecular formula is C15H14BrN3O4S. The van der Waals surface area contributed by atoms with Gasteiger partial charge in [0.1, 0.15) is 5.75 Å². The van der Waals surface area contributed by atoms with Crippen molar-refractivity contribution in [3.8, 4) is 5.75 Å². The SMILES string of the molecule is Cc1cc(Br)cc(C)c1OCC(=O)N/N=C\c1ccc([N+](=O)[O-])s1. The maximum absolute atomic E-state index is 11.7. The summed E-state index contributed by atoms with van der Waals surface area (Å²) in [6.45, 7) is 3.62. The predicted octanol–water partition coefficient (Wildman–Crippen LogP) is 3.56. The van der Waals surface area contributed by atoms with Crippen LogP contribution in [0.1, 0.15) is 16.0 Å². The van der Waals surface area contributed by atoms with Gasteiger partial charge in [-0.3, -0.25) is 14.9 Å². The summed E-state index contributed by atoms with van der Waals surface area (Å²) in [6, 6.07) is 6.75. The van der Waals surface area contributed by atoms with Gasteiger partial charge in [0, 0.05) is 10.5 Å². The van der Waals surface area contributed by atoms with E-state index in [2.05, 4.69) is 26.5 Å². The molecule has 0 unspecified atom stereocenters. The number of nitro groups is 1. The molecule has 2 rings (SSSR count). The molecule has 1 aromatic carbocycles. The number of ether oxygens (including phenoxy) is 1. The molecular weight excluding hydrogens is 398 g/mol. The van der Waals surface area contributed by atoms with Crippen molar-refractivity contribution < 1.29 is 14.5 Å². The Kier molecular flexibility index (Phi) is 6.04. The molecule has 0 aliphatic heterocycles. The van der Waals surface area contributed by atoms with E-state index in [0.29, 0.717) is 10.6 Å². The molecule has 24 heavy (non-hydrogen) atoms. The van der Waals surface area contributed by atoms with E-state index in [1.54, 1.807) is 6.07 Å². The summed E-state index contributed by atoms with van der Waals surface area (Å²) in [7, 11) is 0. The van der Waals surface area contributed by atoms with Gasteiger partial charge >= 0.3 is 5.00 Å². The van der Waals surface area contributed by atoms with Crippen molar-refractivity contribution >= 4 is 44.4 Å². The third-order valence-electron chi connectivity index (χ3n) is 2.95. The Labute approximate surface area is 150 Å². The van der Waals surface area contributed by atoms with Crippen LogP contribution in [0.4, 0.5) is 5.00 Å². The minimum atomic E-state index is -0.475.